The molecular formula is C22H22N2O4. The SMILES string of the molecule is O=C(COC(=O)CCc1nc2ccccc2o1)N[C@H]1CCCc2ccccc21. The molecule has 0 fully saturated rings. The van der Waals surface area contributed by atoms with Crippen LogP contribution in [0, 0.1) is 0 Å². The predicted octanol–water partition coefficient (Wildman–Crippen LogP) is 3.50. The molecule has 1 heterocycles. The normalized spacial score (nSPS) is 15.8. The largest absolute Gasteiger partial charge is 0.456 e. The summed E-state index contributed by atoms with van der Waals surface area (Å²) in [6.07, 6.45) is 3.42. The van der Waals surface area contributed by atoms with Crippen LogP contribution in [0.3, 0.4) is 0 Å². The Morgan fingerprint density at radius 1 is 1.14 bits per heavy atom. The lowest BCUT2D eigenvalue weighted by atomic mass is 9.88. The molecule has 2 aromatic carbocycles. The summed E-state index contributed by atoms with van der Waals surface area (Å²) in [6, 6.07) is 15.6. The van der Waals surface area contributed by atoms with Gasteiger partial charge in [0, 0.05) is 6.42 Å². The Morgan fingerprint density at radius 2 is 1.96 bits per heavy atom. The van der Waals surface area contributed by atoms with E-state index in [0.29, 0.717) is 17.9 Å². The second kappa shape index (κ2) is 8.25. The maximum atomic E-state index is 12.2. The van der Waals surface area contributed by atoms with Crippen molar-refractivity contribution < 1.29 is 18.7 Å². The Morgan fingerprint density at radius 3 is 2.86 bits per heavy atom. The van der Waals surface area contributed by atoms with Gasteiger partial charge in [-0.1, -0.05) is 36.4 Å². The smallest absolute Gasteiger partial charge is 0.306 e. The maximum absolute atomic E-state index is 12.2. The summed E-state index contributed by atoms with van der Waals surface area (Å²) in [7, 11) is 0. The second-order valence-corrected chi connectivity index (χ2v) is 6.95. The zero-order valence-electron chi connectivity index (χ0n) is 15.5. The van der Waals surface area contributed by atoms with E-state index in [0.717, 1.165) is 30.3 Å². The number of nitrogens with zero attached hydrogens (tertiary/aromatic N) is 1. The molecule has 6 heteroatoms. The zero-order valence-corrected chi connectivity index (χ0v) is 15.5. The van der Waals surface area contributed by atoms with Crippen molar-refractivity contribution in [2.24, 2.45) is 0 Å². The highest BCUT2D eigenvalue weighted by atomic mass is 16.5. The summed E-state index contributed by atoms with van der Waals surface area (Å²) in [6.45, 7) is -0.273. The number of esters is 1. The van der Waals surface area contributed by atoms with Crippen LogP contribution in [-0.2, 0) is 27.2 Å². The van der Waals surface area contributed by atoms with Gasteiger partial charge in [0.25, 0.3) is 5.91 Å². The lowest BCUT2D eigenvalue weighted by Gasteiger charge is -2.26. The van der Waals surface area contributed by atoms with Crippen LogP contribution in [0.5, 0.6) is 0 Å². The van der Waals surface area contributed by atoms with Crippen molar-refractivity contribution in [2.75, 3.05) is 6.61 Å². The Balaban J connectivity index is 1.24. The molecule has 1 amide bonds. The summed E-state index contributed by atoms with van der Waals surface area (Å²) in [5.74, 6) is -0.236. The van der Waals surface area contributed by atoms with Gasteiger partial charge >= 0.3 is 5.97 Å². The van der Waals surface area contributed by atoms with Gasteiger partial charge in [-0.15, -0.1) is 0 Å². The Hall–Kier alpha value is -3.15. The third-order valence-corrected chi connectivity index (χ3v) is 4.95. The predicted molar refractivity (Wildman–Crippen MR) is 104 cm³/mol. The molecule has 0 aliphatic heterocycles. The monoisotopic (exact) mass is 378 g/mol. The molecule has 0 saturated carbocycles. The van der Waals surface area contributed by atoms with Crippen molar-refractivity contribution >= 4 is 23.0 Å². The molecule has 28 heavy (non-hydrogen) atoms. The Labute approximate surface area is 162 Å². The number of benzene rings is 2. The third-order valence-electron chi connectivity index (χ3n) is 4.95. The van der Waals surface area contributed by atoms with Gasteiger partial charge in [0.2, 0.25) is 0 Å². The fraction of sp³-hybridized carbons (Fsp3) is 0.318. The first-order valence-electron chi connectivity index (χ1n) is 9.56. The molecule has 3 aromatic rings. The number of oxazole rings is 1. The van der Waals surface area contributed by atoms with E-state index in [1.165, 1.54) is 5.56 Å². The van der Waals surface area contributed by atoms with Crippen LogP contribution >= 0.6 is 0 Å². The number of rotatable bonds is 6. The third kappa shape index (κ3) is 4.22. The average Bonchev–Trinajstić information content (AvgIpc) is 3.14. The number of aromatic nitrogens is 1. The first kappa shape index (κ1) is 18.2. The van der Waals surface area contributed by atoms with Crippen LogP contribution in [-0.4, -0.2) is 23.5 Å². The van der Waals surface area contributed by atoms with Gasteiger partial charge in [0.15, 0.2) is 18.1 Å². The minimum Gasteiger partial charge on any atom is -0.456 e. The van der Waals surface area contributed by atoms with Crippen molar-refractivity contribution in [3.8, 4) is 0 Å². The molecule has 6 nitrogen and oxygen atoms in total. The summed E-state index contributed by atoms with van der Waals surface area (Å²) in [4.78, 5) is 28.5. The molecule has 0 radical (unpaired) electrons. The molecule has 1 aromatic heterocycles. The van der Waals surface area contributed by atoms with Crippen LogP contribution in [0.25, 0.3) is 11.1 Å². The second-order valence-electron chi connectivity index (χ2n) is 6.95. The molecular weight excluding hydrogens is 356 g/mol. The number of carbonyl (C=O) groups excluding carboxylic acids is 2. The van der Waals surface area contributed by atoms with Crippen LogP contribution in [0.1, 0.15) is 42.3 Å². The fourth-order valence-electron chi connectivity index (χ4n) is 3.59. The Kier molecular flexibility index (Phi) is 5.37. The van der Waals surface area contributed by atoms with Crippen LogP contribution < -0.4 is 5.32 Å². The van der Waals surface area contributed by atoms with E-state index in [-0.39, 0.29) is 25.0 Å². The highest BCUT2D eigenvalue weighted by Crippen LogP contribution is 2.29. The maximum Gasteiger partial charge on any atom is 0.306 e. The van der Waals surface area contributed by atoms with Gasteiger partial charge in [-0.05, 0) is 42.5 Å². The van der Waals surface area contributed by atoms with Gasteiger partial charge in [-0.25, -0.2) is 4.98 Å². The lowest BCUT2D eigenvalue weighted by Crippen LogP contribution is -2.34. The van der Waals surface area contributed by atoms with Crippen molar-refractivity contribution in [3.63, 3.8) is 0 Å². The number of aryl methyl sites for hydroxylation is 2. The minimum atomic E-state index is -0.443. The first-order chi connectivity index (χ1) is 13.7. The molecule has 1 aliphatic rings. The van der Waals surface area contributed by atoms with Gasteiger partial charge in [-0.3, -0.25) is 9.59 Å². The van der Waals surface area contributed by atoms with E-state index in [2.05, 4.69) is 16.4 Å². The summed E-state index contributed by atoms with van der Waals surface area (Å²) in [5, 5.41) is 2.97. The van der Waals surface area contributed by atoms with E-state index >= 15 is 0 Å². The van der Waals surface area contributed by atoms with Crippen molar-refractivity contribution in [3.05, 3.63) is 65.5 Å². The molecule has 1 N–H and O–H groups in total. The van der Waals surface area contributed by atoms with Crippen molar-refractivity contribution in [2.45, 2.75) is 38.1 Å². The van der Waals surface area contributed by atoms with Crippen LogP contribution in [0.2, 0.25) is 0 Å². The first-order valence-corrected chi connectivity index (χ1v) is 9.56. The summed E-state index contributed by atoms with van der Waals surface area (Å²) in [5.41, 5.74) is 3.88. The van der Waals surface area contributed by atoms with E-state index in [9.17, 15) is 9.59 Å². The highest BCUT2D eigenvalue weighted by Gasteiger charge is 2.21. The molecule has 144 valence electrons. The van der Waals surface area contributed by atoms with Gasteiger partial charge < -0.3 is 14.5 Å². The van der Waals surface area contributed by atoms with Gasteiger partial charge in [-0.2, -0.15) is 0 Å². The lowest BCUT2D eigenvalue weighted by molar-refractivity contribution is -0.148. The number of para-hydroxylation sites is 2. The highest BCUT2D eigenvalue weighted by molar-refractivity contribution is 5.81. The molecule has 4 rings (SSSR count). The van der Waals surface area contributed by atoms with E-state index < -0.39 is 5.97 Å². The quantitative estimate of drug-likeness (QED) is 0.664. The number of carbonyl (C=O) groups is 2. The topological polar surface area (TPSA) is 81.4 Å². The van der Waals surface area contributed by atoms with Crippen LogP contribution in [0.15, 0.2) is 52.9 Å². The zero-order chi connectivity index (χ0) is 19.3. The molecule has 0 unspecified atom stereocenters. The van der Waals surface area contributed by atoms with Crippen LogP contribution in [0.4, 0.5) is 0 Å². The number of fused-ring (bicyclic) bond motifs is 2. The molecule has 0 saturated heterocycles. The van der Waals surface area contributed by atoms with Gasteiger partial charge in [0.1, 0.15) is 5.52 Å². The van der Waals surface area contributed by atoms with E-state index in [4.69, 9.17) is 9.15 Å². The average molecular weight is 378 g/mol. The molecule has 0 bridgehead atoms. The standard InChI is InChI=1S/C22H22N2O4/c25-20(23-17-10-5-7-15-6-1-2-8-16(15)17)14-27-22(26)13-12-21-24-18-9-3-4-11-19(18)28-21/h1-4,6,8-9,11,17H,5,7,10,12-14H2,(H,23,25)/t17-/m0/s1. The molecule has 1 atom stereocenters. The Bertz CT molecular complexity index is 962. The number of nitrogens with one attached hydrogen (secondary N) is 1. The minimum absolute atomic E-state index is 0.0177. The van der Waals surface area contributed by atoms with E-state index in [1.807, 2.05) is 42.5 Å². The van der Waals surface area contributed by atoms with E-state index in [1.54, 1.807) is 0 Å². The molecule has 0 spiro atoms. The van der Waals surface area contributed by atoms with Gasteiger partial charge in [0.05, 0.1) is 12.5 Å². The number of hydrogen-bond donors (Lipinski definition) is 1. The number of amides is 1. The summed E-state index contributed by atoms with van der Waals surface area (Å²) >= 11 is 0. The van der Waals surface area contributed by atoms with Crippen molar-refractivity contribution in [1.82, 2.24) is 10.3 Å². The number of hydrogen-bond acceptors (Lipinski definition) is 5. The number of ether oxygens (including phenoxy) is 1. The fourth-order valence-corrected chi connectivity index (χ4v) is 3.59. The summed E-state index contributed by atoms with van der Waals surface area (Å²) < 4.78 is 10.7. The van der Waals surface area contributed by atoms with Crippen molar-refractivity contribution in [1.29, 1.82) is 0 Å². The molecule has 1 aliphatic carbocycles.